The third-order valence-electron chi connectivity index (χ3n) is 2.18. The third kappa shape index (κ3) is 4.79. The molecule has 0 N–H and O–H groups in total. The van der Waals surface area contributed by atoms with Crippen LogP contribution in [0.1, 0.15) is 29.0 Å². The largest absolute Gasteiger partial charge is 0.453 e. The summed E-state index contributed by atoms with van der Waals surface area (Å²) in [5.41, 5.74) is 0. The molecule has 0 aliphatic rings. The average Bonchev–Trinajstić information content (AvgIpc) is 2.80. The van der Waals surface area contributed by atoms with Gasteiger partial charge in [-0.1, -0.05) is 69.6 Å². The number of halogens is 6. The lowest BCUT2D eigenvalue weighted by Gasteiger charge is -2.13. The molecular weight excluding hydrogens is 415 g/mol. The van der Waals surface area contributed by atoms with Crippen molar-refractivity contribution in [2.75, 3.05) is 0 Å². The Bertz CT molecular complexity index is 718. The smallest absolute Gasteiger partial charge is 0.250 e. The molecule has 0 aromatic carbocycles. The molecule has 2 aromatic rings. The normalized spacial score (nSPS) is 12.0. The van der Waals surface area contributed by atoms with Crippen molar-refractivity contribution < 1.29 is 4.42 Å². The van der Waals surface area contributed by atoms with Crippen LogP contribution in [0.2, 0.25) is 0 Å². The van der Waals surface area contributed by atoms with Gasteiger partial charge in [-0.2, -0.15) is 0 Å². The second-order valence-electron chi connectivity index (χ2n) is 3.96. The topological polar surface area (TPSA) is 51.8 Å². The molecule has 4 nitrogen and oxygen atoms in total. The maximum Gasteiger partial charge on any atom is 0.250 e. The highest BCUT2D eigenvalue weighted by atomic mass is 35.6. The van der Waals surface area contributed by atoms with E-state index in [4.69, 9.17) is 74.0 Å². The molecule has 0 amide bonds. The minimum absolute atomic E-state index is 0.0216. The summed E-state index contributed by atoms with van der Waals surface area (Å²) in [7, 11) is 0. The van der Waals surface area contributed by atoms with E-state index in [-0.39, 0.29) is 17.5 Å². The molecule has 0 atom stereocenters. The number of furan rings is 1. The molecule has 2 rings (SSSR count). The Morgan fingerprint density at radius 3 is 1.82 bits per heavy atom. The van der Waals surface area contributed by atoms with E-state index in [1.807, 2.05) is 0 Å². The predicted molar refractivity (Wildman–Crippen MR) is 87.7 cm³/mol. The minimum atomic E-state index is -1.91. The molecule has 2 aromatic heterocycles. The summed E-state index contributed by atoms with van der Waals surface area (Å²) in [6.07, 6.45) is 0. The lowest BCUT2D eigenvalue weighted by molar-refractivity contribution is 0.522. The maximum atomic E-state index is 5.76. The Kier molecular flexibility index (Phi) is 5.38. The highest BCUT2D eigenvalue weighted by molar-refractivity contribution is 6.67. The summed E-state index contributed by atoms with van der Waals surface area (Å²) in [5, 5.41) is 0. The zero-order valence-electron chi connectivity index (χ0n) is 10.7. The van der Waals surface area contributed by atoms with Gasteiger partial charge in [-0.25, -0.2) is 15.0 Å². The molecule has 0 fully saturated rings. The standard InChI is InChI=1S/C12H5Cl6N3O/c1-6-2-3-7(22-6)4-5-8-19-9(11(13,14)15)21-10(20-8)12(16,17)18/h2-3H,1H3. The first kappa shape index (κ1) is 17.9. The van der Waals surface area contributed by atoms with E-state index >= 15 is 0 Å². The Balaban J connectivity index is 2.49. The van der Waals surface area contributed by atoms with E-state index in [1.54, 1.807) is 19.1 Å². The van der Waals surface area contributed by atoms with Gasteiger partial charge in [-0.3, -0.25) is 0 Å². The first-order chi connectivity index (χ1) is 10.1. The van der Waals surface area contributed by atoms with Crippen molar-refractivity contribution in [2.24, 2.45) is 0 Å². The van der Waals surface area contributed by atoms with Crippen LogP contribution in [0, 0.1) is 18.8 Å². The van der Waals surface area contributed by atoms with E-state index in [0.29, 0.717) is 11.5 Å². The molecule has 0 spiro atoms. The Morgan fingerprint density at radius 1 is 0.864 bits per heavy atom. The van der Waals surface area contributed by atoms with E-state index in [0.717, 1.165) is 0 Å². The van der Waals surface area contributed by atoms with E-state index in [9.17, 15) is 0 Å². The van der Waals surface area contributed by atoms with Crippen LogP contribution in [-0.4, -0.2) is 15.0 Å². The highest BCUT2D eigenvalue weighted by Crippen LogP contribution is 2.39. The highest BCUT2D eigenvalue weighted by Gasteiger charge is 2.33. The molecule has 0 saturated carbocycles. The molecule has 116 valence electrons. The Labute approximate surface area is 156 Å². The van der Waals surface area contributed by atoms with Gasteiger partial charge in [0.1, 0.15) is 5.76 Å². The van der Waals surface area contributed by atoms with Crippen molar-refractivity contribution in [3.05, 3.63) is 41.1 Å². The second-order valence-corrected chi connectivity index (χ2v) is 8.52. The first-order valence-corrected chi connectivity index (χ1v) is 7.81. The van der Waals surface area contributed by atoms with Crippen LogP contribution in [0.15, 0.2) is 16.5 Å². The van der Waals surface area contributed by atoms with Crippen molar-refractivity contribution in [1.82, 2.24) is 15.0 Å². The molecule has 2 heterocycles. The number of hydrogen-bond donors (Lipinski definition) is 0. The fourth-order valence-electron chi connectivity index (χ4n) is 1.30. The van der Waals surface area contributed by atoms with Gasteiger partial charge < -0.3 is 4.42 Å². The molecule has 0 aliphatic carbocycles. The number of aryl methyl sites for hydroxylation is 1. The van der Waals surface area contributed by atoms with Gasteiger partial charge in [-0.15, -0.1) is 0 Å². The minimum Gasteiger partial charge on any atom is -0.453 e. The molecular formula is C12H5Cl6N3O. The Hall–Kier alpha value is -0.410. The van der Waals surface area contributed by atoms with Crippen LogP contribution in [-0.2, 0) is 7.59 Å². The van der Waals surface area contributed by atoms with Crippen LogP contribution >= 0.6 is 69.6 Å². The van der Waals surface area contributed by atoms with Crippen LogP contribution in [0.25, 0.3) is 0 Å². The van der Waals surface area contributed by atoms with E-state index in [1.165, 1.54) is 0 Å². The lowest BCUT2D eigenvalue weighted by Crippen LogP contribution is -2.17. The van der Waals surface area contributed by atoms with E-state index < -0.39 is 7.59 Å². The molecule has 10 heteroatoms. The SMILES string of the molecule is Cc1ccc(C#Cc2nc(C(Cl)(Cl)Cl)nc(C(Cl)(Cl)Cl)n2)o1. The van der Waals surface area contributed by atoms with Gasteiger partial charge in [0.2, 0.25) is 13.4 Å². The number of alkyl halides is 6. The molecule has 0 aliphatic heterocycles. The summed E-state index contributed by atoms with van der Waals surface area (Å²) in [4.78, 5) is 11.7. The fourth-order valence-corrected chi connectivity index (χ4v) is 1.81. The maximum absolute atomic E-state index is 5.76. The van der Waals surface area contributed by atoms with Gasteiger partial charge in [0.25, 0.3) is 0 Å². The number of nitrogens with zero attached hydrogens (tertiary/aromatic N) is 3. The monoisotopic (exact) mass is 417 g/mol. The summed E-state index contributed by atoms with van der Waals surface area (Å²) in [6, 6.07) is 3.45. The van der Waals surface area contributed by atoms with Crippen molar-refractivity contribution in [1.29, 1.82) is 0 Å². The van der Waals surface area contributed by atoms with Gasteiger partial charge in [0, 0.05) is 0 Å². The van der Waals surface area contributed by atoms with Crippen molar-refractivity contribution in [2.45, 2.75) is 14.5 Å². The van der Waals surface area contributed by atoms with Crippen LogP contribution in [0.4, 0.5) is 0 Å². The summed E-state index contributed by atoms with van der Waals surface area (Å²) < 4.78 is 1.48. The number of hydrogen-bond acceptors (Lipinski definition) is 4. The summed E-state index contributed by atoms with van der Waals surface area (Å²) >= 11 is 34.5. The van der Waals surface area contributed by atoms with Crippen LogP contribution < -0.4 is 0 Å². The van der Waals surface area contributed by atoms with E-state index in [2.05, 4.69) is 26.8 Å². The average molecular weight is 420 g/mol. The second kappa shape index (κ2) is 6.60. The molecule has 0 unspecified atom stereocenters. The molecule has 0 bridgehead atoms. The van der Waals surface area contributed by atoms with Crippen molar-refractivity contribution in [3.63, 3.8) is 0 Å². The number of aromatic nitrogens is 3. The zero-order chi connectivity index (χ0) is 16.5. The Morgan fingerprint density at radius 2 is 1.41 bits per heavy atom. The molecule has 0 radical (unpaired) electrons. The summed E-state index contributed by atoms with van der Waals surface area (Å²) in [5.74, 6) is 6.06. The fraction of sp³-hybridized carbons (Fsp3) is 0.250. The number of rotatable bonds is 0. The lowest BCUT2D eigenvalue weighted by atomic mass is 10.4. The van der Waals surface area contributed by atoms with Crippen LogP contribution in [0.5, 0.6) is 0 Å². The third-order valence-corrected chi connectivity index (χ3v) is 3.19. The first-order valence-electron chi connectivity index (χ1n) is 5.54. The molecule has 0 saturated heterocycles. The predicted octanol–water partition coefficient (Wildman–Crippen LogP) is 4.83. The molecule has 22 heavy (non-hydrogen) atoms. The van der Waals surface area contributed by atoms with Gasteiger partial charge >= 0.3 is 0 Å². The van der Waals surface area contributed by atoms with Crippen LogP contribution in [0.3, 0.4) is 0 Å². The van der Waals surface area contributed by atoms with Gasteiger partial charge in [0.15, 0.2) is 17.4 Å². The zero-order valence-corrected chi connectivity index (χ0v) is 15.2. The van der Waals surface area contributed by atoms with Crippen molar-refractivity contribution >= 4 is 69.6 Å². The summed E-state index contributed by atoms with van der Waals surface area (Å²) in [6.45, 7) is 1.79. The van der Waals surface area contributed by atoms with Crippen molar-refractivity contribution in [3.8, 4) is 11.8 Å². The van der Waals surface area contributed by atoms with Gasteiger partial charge in [-0.05, 0) is 30.9 Å². The quantitative estimate of drug-likeness (QED) is 0.453. The van der Waals surface area contributed by atoms with Gasteiger partial charge in [0.05, 0.1) is 0 Å².